The molecule has 0 aliphatic heterocycles. The lowest BCUT2D eigenvalue weighted by atomic mass is 10.1. The van der Waals surface area contributed by atoms with Crippen LogP contribution in [-0.4, -0.2) is 21.2 Å². The van der Waals surface area contributed by atoms with Gasteiger partial charge in [0.25, 0.3) is 11.5 Å². The van der Waals surface area contributed by atoms with Gasteiger partial charge in [-0.05, 0) is 6.07 Å². The first-order valence-electron chi connectivity index (χ1n) is 9.17. The first-order chi connectivity index (χ1) is 14.5. The zero-order valence-corrected chi connectivity index (χ0v) is 16.8. The number of anilines is 1. The molecule has 0 radical (unpaired) electrons. The molecule has 6 nitrogen and oxygen atoms in total. The van der Waals surface area contributed by atoms with Gasteiger partial charge in [-0.2, -0.15) is 0 Å². The van der Waals surface area contributed by atoms with E-state index in [0.29, 0.717) is 21.3 Å². The van der Waals surface area contributed by atoms with Crippen molar-refractivity contribution in [2.24, 2.45) is 7.05 Å². The van der Waals surface area contributed by atoms with E-state index in [1.807, 2.05) is 36.4 Å². The summed E-state index contributed by atoms with van der Waals surface area (Å²) in [4.78, 5) is 42.5. The summed E-state index contributed by atoms with van der Waals surface area (Å²) < 4.78 is 1.38. The van der Waals surface area contributed by atoms with Crippen molar-refractivity contribution in [2.45, 2.75) is 0 Å². The fourth-order valence-corrected chi connectivity index (χ4v) is 3.84. The number of thiazole rings is 1. The van der Waals surface area contributed by atoms with Crippen molar-refractivity contribution in [3.8, 4) is 11.3 Å². The molecule has 2 heterocycles. The molecular weight excluding hydrogens is 398 g/mol. The molecule has 1 amide bonds. The number of pyridine rings is 1. The van der Waals surface area contributed by atoms with E-state index in [1.54, 1.807) is 37.4 Å². The molecule has 1 N–H and O–H groups in total. The van der Waals surface area contributed by atoms with E-state index >= 15 is 0 Å². The topological polar surface area (TPSA) is 81.1 Å². The lowest BCUT2D eigenvalue weighted by Crippen LogP contribution is -2.19. The van der Waals surface area contributed by atoms with Crippen LogP contribution in [0.4, 0.5) is 5.13 Å². The van der Waals surface area contributed by atoms with E-state index < -0.39 is 5.91 Å². The minimum absolute atomic E-state index is 0.166. The number of hydrogen-bond acceptors (Lipinski definition) is 5. The monoisotopic (exact) mass is 415 g/mol. The van der Waals surface area contributed by atoms with Crippen LogP contribution in [0.25, 0.3) is 11.3 Å². The number of hydrogen-bond donors (Lipinski definition) is 1. The molecule has 4 rings (SSSR count). The number of nitrogens with zero attached hydrogens (tertiary/aromatic N) is 2. The lowest BCUT2D eigenvalue weighted by Gasteiger charge is -2.02. The van der Waals surface area contributed by atoms with Crippen molar-refractivity contribution >= 4 is 28.2 Å². The number of carbonyl (C=O) groups is 2. The SMILES string of the molecule is Cn1ccc(C(=O)Nc2nc(-c3ccccc3)c(C(=O)c3ccccc3)s2)cc1=O. The molecule has 148 valence electrons. The molecule has 0 bridgehead atoms. The molecule has 4 aromatic rings. The summed E-state index contributed by atoms with van der Waals surface area (Å²) in [5, 5.41) is 3.00. The summed E-state index contributed by atoms with van der Waals surface area (Å²) in [7, 11) is 1.61. The van der Waals surface area contributed by atoms with Crippen molar-refractivity contribution in [3.05, 3.63) is 105 Å². The van der Waals surface area contributed by atoms with Gasteiger partial charge in [0.1, 0.15) is 4.88 Å². The summed E-state index contributed by atoms with van der Waals surface area (Å²) in [5.74, 6) is -0.624. The molecule has 7 heteroatoms. The van der Waals surface area contributed by atoms with E-state index in [2.05, 4.69) is 10.3 Å². The quantitative estimate of drug-likeness (QED) is 0.500. The molecule has 0 saturated carbocycles. The number of rotatable bonds is 5. The Balaban J connectivity index is 1.72. The van der Waals surface area contributed by atoms with Gasteiger partial charge in [-0.1, -0.05) is 72.0 Å². The number of benzene rings is 2. The normalized spacial score (nSPS) is 10.6. The third-order valence-electron chi connectivity index (χ3n) is 4.50. The number of aromatic nitrogens is 2. The average molecular weight is 415 g/mol. The maximum Gasteiger partial charge on any atom is 0.257 e. The second-order valence-corrected chi connectivity index (χ2v) is 7.58. The fourth-order valence-electron chi connectivity index (χ4n) is 2.90. The predicted molar refractivity (Wildman–Crippen MR) is 117 cm³/mol. The predicted octanol–water partition coefficient (Wildman–Crippen LogP) is 3.99. The second-order valence-electron chi connectivity index (χ2n) is 6.58. The number of amides is 1. The number of ketones is 1. The minimum atomic E-state index is -0.459. The van der Waals surface area contributed by atoms with E-state index in [-0.39, 0.29) is 16.9 Å². The number of nitrogens with one attached hydrogen (secondary N) is 1. The van der Waals surface area contributed by atoms with Crippen molar-refractivity contribution in [1.29, 1.82) is 0 Å². The van der Waals surface area contributed by atoms with Crippen LogP contribution >= 0.6 is 11.3 Å². The smallest absolute Gasteiger partial charge is 0.257 e. The Hall–Kier alpha value is -3.84. The molecule has 30 heavy (non-hydrogen) atoms. The highest BCUT2D eigenvalue weighted by Crippen LogP contribution is 2.33. The molecule has 0 unspecified atom stereocenters. The first kappa shape index (κ1) is 19.5. The van der Waals surface area contributed by atoms with Gasteiger partial charge in [-0.15, -0.1) is 0 Å². The third-order valence-corrected chi connectivity index (χ3v) is 5.47. The molecule has 0 fully saturated rings. The first-order valence-corrected chi connectivity index (χ1v) is 9.98. The molecule has 0 atom stereocenters. The minimum Gasteiger partial charge on any atom is -0.319 e. The highest BCUT2D eigenvalue weighted by Gasteiger charge is 2.22. The maximum absolute atomic E-state index is 13.1. The molecule has 0 saturated heterocycles. The fraction of sp³-hybridized carbons (Fsp3) is 0.0435. The third kappa shape index (κ3) is 3.97. The molecule has 0 aliphatic carbocycles. The Morgan fingerprint density at radius 2 is 1.60 bits per heavy atom. The van der Waals surface area contributed by atoms with Crippen LogP contribution in [0, 0.1) is 0 Å². The van der Waals surface area contributed by atoms with Gasteiger partial charge in [0.05, 0.1) is 5.69 Å². The Labute approximate surface area is 176 Å². The Bertz CT molecular complexity index is 1280. The van der Waals surface area contributed by atoms with Gasteiger partial charge in [0.15, 0.2) is 5.13 Å². The molecule has 2 aromatic heterocycles. The van der Waals surface area contributed by atoms with Gasteiger partial charge in [0, 0.05) is 36.0 Å². The zero-order chi connectivity index (χ0) is 21.1. The lowest BCUT2D eigenvalue weighted by molar-refractivity contribution is 0.102. The molecule has 0 aliphatic rings. The van der Waals surface area contributed by atoms with Gasteiger partial charge in [0.2, 0.25) is 5.78 Å². The highest BCUT2D eigenvalue weighted by molar-refractivity contribution is 7.18. The summed E-state index contributed by atoms with van der Waals surface area (Å²) in [6.07, 6.45) is 1.53. The largest absolute Gasteiger partial charge is 0.319 e. The van der Waals surface area contributed by atoms with Crippen molar-refractivity contribution in [1.82, 2.24) is 9.55 Å². The Morgan fingerprint density at radius 3 is 2.27 bits per heavy atom. The number of carbonyl (C=O) groups excluding carboxylic acids is 2. The van der Waals surface area contributed by atoms with Gasteiger partial charge >= 0.3 is 0 Å². The maximum atomic E-state index is 13.1. The summed E-state index contributed by atoms with van der Waals surface area (Å²) >= 11 is 1.11. The van der Waals surface area contributed by atoms with E-state index in [1.165, 1.54) is 16.8 Å². The molecule has 0 spiro atoms. The van der Waals surface area contributed by atoms with Gasteiger partial charge < -0.3 is 4.57 Å². The van der Waals surface area contributed by atoms with E-state index in [0.717, 1.165) is 16.9 Å². The van der Waals surface area contributed by atoms with Crippen LogP contribution in [0.1, 0.15) is 25.6 Å². The highest BCUT2D eigenvalue weighted by atomic mass is 32.1. The summed E-state index contributed by atoms with van der Waals surface area (Å²) in [6.45, 7) is 0. The summed E-state index contributed by atoms with van der Waals surface area (Å²) in [5.41, 5.74) is 1.77. The van der Waals surface area contributed by atoms with Gasteiger partial charge in [-0.3, -0.25) is 19.7 Å². The average Bonchev–Trinajstić information content (AvgIpc) is 3.20. The van der Waals surface area contributed by atoms with Gasteiger partial charge in [-0.25, -0.2) is 4.98 Å². The Morgan fingerprint density at radius 1 is 0.933 bits per heavy atom. The van der Waals surface area contributed by atoms with Crippen LogP contribution < -0.4 is 10.9 Å². The Kier molecular flexibility index (Phi) is 5.36. The van der Waals surface area contributed by atoms with Crippen LogP contribution in [0.5, 0.6) is 0 Å². The van der Waals surface area contributed by atoms with Crippen molar-refractivity contribution in [2.75, 3.05) is 5.32 Å². The van der Waals surface area contributed by atoms with E-state index in [4.69, 9.17) is 0 Å². The van der Waals surface area contributed by atoms with Crippen LogP contribution in [0.3, 0.4) is 0 Å². The van der Waals surface area contributed by atoms with Crippen molar-refractivity contribution in [3.63, 3.8) is 0 Å². The second kappa shape index (κ2) is 8.26. The van der Waals surface area contributed by atoms with E-state index in [9.17, 15) is 14.4 Å². The van der Waals surface area contributed by atoms with Crippen LogP contribution in [0.2, 0.25) is 0 Å². The summed E-state index contributed by atoms with van der Waals surface area (Å²) in [6, 6.07) is 21.1. The van der Waals surface area contributed by atoms with Crippen LogP contribution in [-0.2, 0) is 7.05 Å². The standard InChI is InChI=1S/C23H17N3O3S/c1-26-13-12-17(14-18(26)27)22(29)25-23-24-19(15-8-4-2-5-9-15)21(30-23)20(28)16-10-6-3-7-11-16/h2-14H,1H3,(H,24,25,29). The molecule has 2 aromatic carbocycles. The number of aryl methyl sites for hydroxylation is 1. The molecular formula is C23H17N3O3S. The van der Waals surface area contributed by atoms with Crippen molar-refractivity contribution < 1.29 is 9.59 Å². The zero-order valence-electron chi connectivity index (χ0n) is 16.0. The van der Waals surface area contributed by atoms with Crippen LogP contribution in [0.15, 0.2) is 83.8 Å².